The summed E-state index contributed by atoms with van der Waals surface area (Å²) in [5.74, 6) is -0.607. The standard InChI is InChI=1S/C19H31N3O4/c1-7-25-19(24)16-14(5)17(21-15(16)6)18(23)20-8-11(2)22-9-12(3)26-13(4)10-22/h11-13,21H,7-10H2,1-6H3,(H,20,23). The lowest BCUT2D eigenvalue weighted by Crippen LogP contribution is -2.52. The lowest BCUT2D eigenvalue weighted by atomic mass is 10.1. The minimum atomic E-state index is -0.401. The van der Waals surface area contributed by atoms with Gasteiger partial charge in [0.1, 0.15) is 5.69 Å². The van der Waals surface area contributed by atoms with Crippen LogP contribution >= 0.6 is 0 Å². The summed E-state index contributed by atoms with van der Waals surface area (Å²) in [6.07, 6.45) is 0.384. The van der Waals surface area contributed by atoms with E-state index in [1.54, 1.807) is 20.8 Å². The minimum Gasteiger partial charge on any atom is -0.462 e. The number of rotatable bonds is 6. The average Bonchev–Trinajstić information content (AvgIpc) is 2.86. The molecule has 1 aliphatic rings. The zero-order valence-corrected chi connectivity index (χ0v) is 16.6. The van der Waals surface area contributed by atoms with Gasteiger partial charge in [-0.3, -0.25) is 9.69 Å². The second-order valence-corrected chi connectivity index (χ2v) is 7.12. The lowest BCUT2D eigenvalue weighted by molar-refractivity contribution is -0.0778. The normalized spacial score (nSPS) is 22.1. The number of morpholine rings is 1. The van der Waals surface area contributed by atoms with Crippen LogP contribution in [0.15, 0.2) is 0 Å². The Morgan fingerprint density at radius 2 is 1.92 bits per heavy atom. The van der Waals surface area contributed by atoms with Gasteiger partial charge in [0.05, 0.1) is 24.4 Å². The fourth-order valence-electron chi connectivity index (χ4n) is 3.52. The molecule has 1 saturated heterocycles. The Labute approximate surface area is 155 Å². The van der Waals surface area contributed by atoms with E-state index in [9.17, 15) is 9.59 Å². The van der Waals surface area contributed by atoms with Gasteiger partial charge in [-0.05, 0) is 47.1 Å². The molecule has 0 aliphatic carbocycles. The van der Waals surface area contributed by atoms with E-state index in [1.807, 2.05) is 0 Å². The molecule has 0 aromatic carbocycles. The summed E-state index contributed by atoms with van der Waals surface area (Å²) in [5, 5.41) is 2.97. The first-order valence-corrected chi connectivity index (χ1v) is 9.28. The maximum Gasteiger partial charge on any atom is 0.340 e. The van der Waals surface area contributed by atoms with Crippen molar-refractivity contribution in [1.82, 2.24) is 15.2 Å². The van der Waals surface area contributed by atoms with Crippen molar-refractivity contribution in [3.63, 3.8) is 0 Å². The molecule has 1 aliphatic heterocycles. The Morgan fingerprint density at radius 3 is 2.50 bits per heavy atom. The summed E-state index contributed by atoms with van der Waals surface area (Å²) in [4.78, 5) is 30.0. The predicted molar refractivity (Wildman–Crippen MR) is 99.6 cm³/mol. The third-order valence-electron chi connectivity index (χ3n) is 4.77. The van der Waals surface area contributed by atoms with E-state index < -0.39 is 5.97 Å². The summed E-state index contributed by atoms with van der Waals surface area (Å²) in [6, 6.07) is 0.202. The van der Waals surface area contributed by atoms with E-state index in [2.05, 4.69) is 36.0 Å². The van der Waals surface area contributed by atoms with Crippen LogP contribution in [0.2, 0.25) is 0 Å². The van der Waals surface area contributed by atoms with Crippen LogP contribution in [0.5, 0.6) is 0 Å². The topological polar surface area (TPSA) is 83.7 Å². The van der Waals surface area contributed by atoms with Crippen molar-refractivity contribution >= 4 is 11.9 Å². The molecule has 3 atom stereocenters. The number of esters is 1. The maximum absolute atomic E-state index is 12.6. The van der Waals surface area contributed by atoms with Crippen molar-refractivity contribution in [2.45, 2.75) is 59.8 Å². The number of H-pyrrole nitrogens is 1. The molecule has 7 nitrogen and oxygen atoms in total. The Bertz CT molecular complexity index is 645. The van der Waals surface area contributed by atoms with Crippen LogP contribution in [-0.4, -0.2) is 66.3 Å². The van der Waals surface area contributed by atoms with E-state index in [0.29, 0.717) is 35.7 Å². The van der Waals surface area contributed by atoms with Gasteiger partial charge in [-0.15, -0.1) is 0 Å². The van der Waals surface area contributed by atoms with E-state index in [1.165, 1.54) is 0 Å². The monoisotopic (exact) mass is 365 g/mol. The number of hydrogen-bond acceptors (Lipinski definition) is 5. The molecular formula is C19H31N3O4. The molecule has 1 fully saturated rings. The molecule has 3 unspecified atom stereocenters. The molecule has 7 heteroatoms. The molecule has 1 amide bonds. The van der Waals surface area contributed by atoms with Gasteiger partial charge in [-0.1, -0.05) is 0 Å². The summed E-state index contributed by atoms with van der Waals surface area (Å²) in [6.45, 7) is 14.1. The highest BCUT2D eigenvalue weighted by Gasteiger charge is 2.27. The van der Waals surface area contributed by atoms with Gasteiger partial charge in [0.15, 0.2) is 0 Å². The average molecular weight is 365 g/mol. The number of carbonyl (C=O) groups excluding carboxylic acids is 2. The Balaban J connectivity index is 2.00. The number of nitrogens with zero attached hydrogens (tertiary/aromatic N) is 1. The zero-order valence-electron chi connectivity index (χ0n) is 16.6. The van der Waals surface area contributed by atoms with Crippen LogP contribution < -0.4 is 5.32 Å². The lowest BCUT2D eigenvalue weighted by Gasteiger charge is -2.38. The van der Waals surface area contributed by atoms with Gasteiger partial charge in [-0.25, -0.2) is 4.79 Å². The highest BCUT2D eigenvalue weighted by atomic mass is 16.5. The van der Waals surface area contributed by atoms with E-state index in [-0.39, 0.29) is 24.2 Å². The molecule has 0 radical (unpaired) electrons. The second-order valence-electron chi connectivity index (χ2n) is 7.12. The molecule has 2 N–H and O–H groups in total. The van der Waals surface area contributed by atoms with Gasteiger partial charge in [0.25, 0.3) is 5.91 Å². The van der Waals surface area contributed by atoms with E-state index in [0.717, 1.165) is 13.1 Å². The minimum absolute atomic E-state index is 0.192. The summed E-state index contributed by atoms with van der Waals surface area (Å²) < 4.78 is 10.8. The summed E-state index contributed by atoms with van der Waals surface area (Å²) >= 11 is 0. The first-order valence-electron chi connectivity index (χ1n) is 9.28. The van der Waals surface area contributed by atoms with Gasteiger partial charge < -0.3 is 19.8 Å². The predicted octanol–water partition coefficient (Wildman–Crippen LogP) is 2.04. The van der Waals surface area contributed by atoms with Crippen LogP contribution in [0.1, 0.15) is 59.8 Å². The quantitative estimate of drug-likeness (QED) is 0.754. The van der Waals surface area contributed by atoms with E-state index in [4.69, 9.17) is 9.47 Å². The van der Waals surface area contributed by atoms with Crippen molar-refractivity contribution in [3.8, 4) is 0 Å². The molecule has 1 aromatic rings. The van der Waals surface area contributed by atoms with Crippen LogP contribution in [0.4, 0.5) is 0 Å². The van der Waals surface area contributed by atoms with Crippen molar-refractivity contribution < 1.29 is 19.1 Å². The van der Waals surface area contributed by atoms with E-state index >= 15 is 0 Å². The molecule has 0 saturated carbocycles. The number of ether oxygens (including phenoxy) is 2. The van der Waals surface area contributed by atoms with Crippen LogP contribution in [0.3, 0.4) is 0 Å². The number of aromatic amines is 1. The first kappa shape index (κ1) is 20.5. The molecule has 1 aromatic heterocycles. The third kappa shape index (κ3) is 4.65. The fraction of sp³-hybridized carbons (Fsp3) is 0.684. The molecular weight excluding hydrogens is 334 g/mol. The highest BCUT2D eigenvalue weighted by Crippen LogP contribution is 2.19. The number of hydrogen-bond donors (Lipinski definition) is 2. The smallest absolute Gasteiger partial charge is 0.340 e. The van der Waals surface area contributed by atoms with Crippen molar-refractivity contribution in [2.24, 2.45) is 0 Å². The van der Waals surface area contributed by atoms with Crippen LogP contribution in [0.25, 0.3) is 0 Å². The molecule has 26 heavy (non-hydrogen) atoms. The zero-order chi connectivity index (χ0) is 19.4. The van der Waals surface area contributed by atoms with Crippen LogP contribution in [0, 0.1) is 13.8 Å². The first-order chi connectivity index (χ1) is 12.2. The van der Waals surface area contributed by atoms with Crippen LogP contribution in [-0.2, 0) is 9.47 Å². The third-order valence-corrected chi connectivity index (χ3v) is 4.77. The van der Waals surface area contributed by atoms with Gasteiger partial charge in [0.2, 0.25) is 0 Å². The molecule has 146 valence electrons. The Kier molecular flexibility index (Phi) is 6.83. The maximum atomic E-state index is 12.6. The Morgan fingerprint density at radius 1 is 1.31 bits per heavy atom. The molecule has 0 spiro atoms. The van der Waals surface area contributed by atoms with Crippen molar-refractivity contribution in [3.05, 3.63) is 22.5 Å². The Hall–Kier alpha value is -1.86. The number of aryl methyl sites for hydroxylation is 1. The molecule has 2 heterocycles. The molecule has 0 bridgehead atoms. The van der Waals surface area contributed by atoms with Gasteiger partial charge in [-0.2, -0.15) is 0 Å². The van der Waals surface area contributed by atoms with Gasteiger partial charge in [0, 0.05) is 31.4 Å². The number of amides is 1. The second kappa shape index (κ2) is 8.68. The fourth-order valence-corrected chi connectivity index (χ4v) is 3.52. The highest BCUT2D eigenvalue weighted by molar-refractivity contribution is 6.00. The number of aromatic nitrogens is 1. The summed E-state index contributed by atoms with van der Waals surface area (Å²) in [7, 11) is 0. The van der Waals surface area contributed by atoms with Crippen molar-refractivity contribution in [1.29, 1.82) is 0 Å². The van der Waals surface area contributed by atoms with Crippen molar-refractivity contribution in [2.75, 3.05) is 26.2 Å². The largest absolute Gasteiger partial charge is 0.462 e. The summed E-state index contributed by atoms with van der Waals surface area (Å²) in [5.41, 5.74) is 2.14. The number of nitrogens with one attached hydrogen (secondary N) is 2. The van der Waals surface area contributed by atoms with Gasteiger partial charge >= 0.3 is 5.97 Å². The number of carbonyl (C=O) groups is 2. The molecule has 2 rings (SSSR count). The SMILES string of the molecule is CCOC(=O)c1c(C)[nH]c(C(=O)NCC(C)N2CC(C)OC(C)C2)c1C.